The molecule has 30 heavy (non-hydrogen) atoms. The summed E-state index contributed by atoms with van der Waals surface area (Å²) < 4.78 is 25.5. The molecule has 1 N–H and O–H groups in total. The van der Waals surface area contributed by atoms with Gasteiger partial charge in [0.2, 0.25) is 5.88 Å². The molecule has 147 valence electrons. The highest BCUT2D eigenvalue weighted by molar-refractivity contribution is 6.08. The second kappa shape index (κ2) is 6.99. The molecule has 0 bridgehead atoms. The molecule has 5 aromatic rings. The molecule has 0 unspecified atom stereocenters. The zero-order valence-corrected chi connectivity index (χ0v) is 15.8. The van der Waals surface area contributed by atoms with Gasteiger partial charge < -0.3 is 14.5 Å². The maximum Gasteiger partial charge on any atom is 0.327 e. The van der Waals surface area contributed by atoms with Crippen molar-refractivity contribution in [3.05, 3.63) is 60.5 Å². The SMILES string of the molecule is Cc1ncc(Oc2nc(Oc3cnc(C)nc3)c3c(n2)[nH]c2[c]cc(F)cc23)cn1. The van der Waals surface area contributed by atoms with E-state index in [-0.39, 0.29) is 11.9 Å². The van der Waals surface area contributed by atoms with E-state index in [9.17, 15) is 4.39 Å². The van der Waals surface area contributed by atoms with Crippen LogP contribution in [0.3, 0.4) is 0 Å². The fourth-order valence-electron chi connectivity index (χ4n) is 2.85. The molecule has 4 heterocycles. The summed E-state index contributed by atoms with van der Waals surface area (Å²) in [5.41, 5.74) is 0.953. The highest BCUT2D eigenvalue weighted by Gasteiger charge is 2.18. The van der Waals surface area contributed by atoms with Crippen LogP contribution in [0, 0.1) is 25.7 Å². The molecule has 0 saturated heterocycles. The molecule has 0 atom stereocenters. The minimum absolute atomic E-state index is 0.00464. The van der Waals surface area contributed by atoms with E-state index in [1.54, 1.807) is 13.8 Å². The lowest BCUT2D eigenvalue weighted by Gasteiger charge is -2.08. The molecule has 9 nitrogen and oxygen atoms in total. The number of ether oxygens (including phenoxy) is 2. The lowest BCUT2D eigenvalue weighted by Crippen LogP contribution is -1.98. The molecule has 5 rings (SSSR count). The third kappa shape index (κ3) is 3.34. The number of H-pyrrole nitrogens is 1. The van der Waals surface area contributed by atoms with Gasteiger partial charge in [-0.25, -0.2) is 24.3 Å². The highest BCUT2D eigenvalue weighted by Crippen LogP contribution is 2.35. The first kappa shape index (κ1) is 17.9. The molecule has 0 amide bonds. The summed E-state index contributed by atoms with van der Waals surface area (Å²) in [6.07, 6.45) is 6.07. The number of nitrogens with zero attached hydrogens (tertiary/aromatic N) is 6. The Kier molecular flexibility index (Phi) is 4.16. The van der Waals surface area contributed by atoms with Crippen LogP contribution in [0.1, 0.15) is 11.6 Å². The fourth-order valence-corrected chi connectivity index (χ4v) is 2.85. The van der Waals surface area contributed by atoms with E-state index >= 15 is 0 Å². The van der Waals surface area contributed by atoms with Crippen molar-refractivity contribution in [2.24, 2.45) is 0 Å². The van der Waals surface area contributed by atoms with Crippen molar-refractivity contribution in [1.82, 2.24) is 34.9 Å². The van der Waals surface area contributed by atoms with Crippen molar-refractivity contribution in [3.63, 3.8) is 0 Å². The number of aromatic nitrogens is 7. The van der Waals surface area contributed by atoms with Gasteiger partial charge in [-0.2, -0.15) is 9.97 Å². The molecule has 0 saturated carbocycles. The Morgan fingerprint density at radius 3 is 2.20 bits per heavy atom. The van der Waals surface area contributed by atoms with Crippen LogP contribution in [0.2, 0.25) is 0 Å². The fraction of sp³-hybridized carbons (Fsp3) is 0.100. The summed E-state index contributed by atoms with van der Waals surface area (Å²) in [4.78, 5) is 28.2. The van der Waals surface area contributed by atoms with Crippen LogP contribution in [0.4, 0.5) is 4.39 Å². The van der Waals surface area contributed by atoms with Crippen LogP contribution in [0.15, 0.2) is 36.9 Å². The van der Waals surface area contributed by atoms with Crippen LogP contribution in [0.25, 0.3) is 21.9 Å². The lowest BCUT2D eigenvalue weighted by molar-refractivity contribution is 0.413. The van der Waals surface area contributed by atoms with Crippen molar-refractivity contribution in [2.75, 3.05) is 0 Å². The second-order valence-corrected chi connectivity index (χ2v) is 6.40. The summed E-state index contributed by atoms with van der Waals surface area (Å²) in [5, 5.41) is 1.01. The quantitative estimate of drug-likeness (QED) is 0.483. The van der Waals surface area contributed by atoms with Crippen molar-refractivity contribution in [2.45, 2.75) is 13.8 Å². The number of hydrogen-bond acceptors (Lipinski definition) is 8. The van der Waals surface area contributed by atoms with Crippen LogP contribution >= 0.6 is 0 Å². The number of rotatable bonds is 4. The Bertz CT molecular complexity index is 1370. The van der Waals surface area contributed by atoms with Crippen LogP contribution < -0.4 is 9.47 Å². The van der Waals surface area contributed by atoms with Crippen molar-refractivity contribution in [3.8, 4) is 23.4 Å². The van der Waals surface area contributed by atoms with Crippen molar-refractivity contribution >= 4 is 21.9 Å². The summed E-state index contributed by atoms with van der Waals surface area (Å²) in [7, 11) is 0. The number of hydrogen-bond donors (Lipinski definition) is 1. The number of aromatic amines is 1. The zero-order chi connectivity index (χ0) is 20.7. The maximum atomic E-state index is 13.9. The average Bonchev–Trinajstić information content (AvgIpc) is 3.09. The van der Waals surface area contributed by atoms with Gasteiger partial charge in [0.25, 0.3) is 0 Å². The molecule has 1 radical (unpaired) electrons. The molecule has 10 heteroatoms. The zero-order valence-electron chi connectivity index (χ0n) is 15.8. The maximum absolute atomic E-state index is 13.9. The number of aryl methyl sites for hydroxylation is 2. The largest absolute Gasteiger partial charge is 0.435 e. The predicted octanol–water partition coefficient (Wildman–Crippen LogP) is 3.83. The first-order valence-corrected chi connectivity index (χ1v) is 8.89. The number of nitrogens with one attached hydrogen (secondary N) is 1. The Morgan fingerprint density at radius 2 is 1.53 bits per heavy atom. The minimum Gasteiger partial charge on any atom is -0.435 e. The number of fused-ring (bicyclic) bond motifs is 3. The molecule has 0 aliphatic rings. The number of benzene rings is 1. The number of halogens is 1. The normalized spacial score (nSPS) is 11.2. The van der Waals surface area contributed by atoms with Crippen LogP contribution in [-0.2, 0) is 0 Å². The van der Waals surface area contributed by atoms with Crippen LogP contribution in [0.5, 0.6) is 23.4 Å². The second-order valence-electron chi connectivity index (χ2n) is 6.40. The third-order valence-electron chi connectivity index (χ3n) is 4.21. The third-order valence-corrected chi connectivity index (χ3v) is 4.21. The monoisotopic (exact) mass is 402 g/mol. The standard InChI is InChI=1S/C20H13FN7O2/c1-10-22-6-13(7-23-10)29-19-17-15-5-12(21)3-4-16(15)26-18(17)27-20(28-19)30-14-8-24-11(2)25-9-14/h3,5-9H,1-2H3,(H,26,27,28). The van der Waals surface area contributed by atoms with Gasteiger partial charge in [0, 0.05) is 11.5 Å². The van der Waals surface area contributed by atoms with Crippen molar-refractivity contribution < 1.29 is 13.9 Å². The highest BCUT2D eigenvalue weighted by atomic mass is 19.1. The van der Waals surface area contributed by atoms with Gasteiger partial charge in [-0.05, 0) is 26.0 Å². The first-order valence-electron chi connectivity index (χ1n) is 8.89. The molecule has 0 spiro atoms. The van der Waals surface area contributed by atoms with Gasteiger partial charge in [-0.15, -0.1) is 0 Å². The van der Waals surface area contributed by atoms with E-state index in [1.165, 1.54) is 36.9 Å². The van der Waals surface area contributed by atoms with Crippen molar-refractivity contribution in [1.29, 1.82) is 0 Å². The smallest absolute Gasteiger partial charge is 0.327 e. The first-order chi connectivity index (χ1) is 14.5. The molecule has 0 aliphatic heterocycles. The molecule has 1 aromatic carbocycles. The van der Waals surface area contributed by atoms with E-state index in [0.717, 1.165) is 0 Å². The van der Waals surface area contributed by atoms with Gasteiger partial charge in [0.1, 0.15) is 23.1 Å². The van der Waals surface area contributed by atoms with Crippen LogP contribution in [-0.4, -0.2) is 34.9 Å². The summed E-state index contributed by atoms with van der Waals surface area (Å²) in [6.45, 7) is 3.53. The summed E-state index contributed by atoms with van der Waals surface area (Å²) >= 11 is 0. The van der Waals surface area contributed by atoms with E-state index in [4.69, 9.17) is 9.47 Å². The summed E-state index contributed by atoms with van der Waals surface area (Å²) in [6, 6.07) is 5.45. The van der Waals surface area contributed by atoms with E-state index in [1.807, 2.05) is 0 Å². The predicted molar refractivity (Wildman–Crippen MR) is 104 cm³/mol. The molecular formula is C20H13FN7O2. The molecular weight excluding hydrogens is 389 g/mol. The Morgan fingerprint density at radius 1 is 0.900 bits per heavy atom. The lowest BCUT2D eigenvalue weighted by atomic mass is 10.2. The van der Waals surface area contributed by atoms with Gasteiger partial charge >= 0.3 is 6.01 Å². The average molecular weight is 402 g/mol. The Hall–Kier alpha value is -4.21. The van der Waals surface area contributed by atoms with Gasteiger partial charge in [0.05, 0.1) is 35.7 Å². The molecule has 0 fully saturated rings. The topological polar surface area (TPSA) is 112 Å². The van der Waals surface area contributed by atoms with Gasteiger partial charge in [0.15, 0.2) is 11.5 Å². The van der Waals surface area contributed by atoms with Gasteiger partial charge in [-0.1, -0.05) is 0 Å². The van der Waals surface area contributed by atoms with E-state index in [2.05, 4.69) is 41.0 Å². The Balaban J connectivity index is 1.66. The molecule has 0 aliphatic carbocycles. The minimum atomic E-state index is -0.440. The van der Waals surface area contributed by atoms with Gasteiger partial charge in [-0.3, -0.25) is 0 Å². The van der Waals surface area contributed by atoms with E-state index in [0.29, 0.717) is 45.1 Å². The summed E-state index contributed by atoms with van der Waals surface area (Å²) in [5.74, 6) is 1.64. The molecule has 4 aromatic heterocycles. The van der Waals surface area contributed by atoms with E-state index < -0.39 is 5.82 Å². The Labute approximate surface area is 169 Å².